The molecule has 1 N–H and O–H groups in total. The quantitative estimate of drug-likeness (QED) is 0.805. The maximum Gasteiger partial charge on any atom is 0.419 e. The van der Waals surface area contributed by atoms with Crippen molar-refractivity contribution in [3.05, 3.63) is 53.7 Å². The fourth-order valence-corrected chi connectivity index (χ4v) is 3.08. The number of halogens is 5. The highest BCUT2D eigenvalue weighted by Crippen LogP contribution is 2.36. The van der Waals surface area contributed by atoms with Crippen molar-refractivity contribution in [2.75, 3.05) is 23.3 Å². The van der Waals surface area contributed by atoms with Gasteiger partial charge in [0, 0.05) is 25.4 Å². The Morgan fingerprint density at radius 1 is 1.22 bits per heavy atom. The molecule has 0 aliphatic carbocycles. The van der Waals surface area contributed by atoms with E-state index >= 15 is 0 Å². The van der Waals surface area contributed by atoms with Crippen molar-refractivity contribution in [1.82, 2.24) is 4.98 Å². The van der Waals surface area contributed by atoms with Crippen molar-refractivity contribution in [2.45, 2.75) is 19.0 Å². The molecule has 1 saturated heterocycles. The van der Waals surface area contributed by atoms with Gasteiger partial charge in [-0.15, -0.1) is 0 Å². The normalized spacial score (nSPS) is 17.7. The van der Waals surface area contributed by atoms with Crippen LogP contribution in [-0.2, 0) is 11.0 Å². The molecule has 0 radical (unpaired) electrons. The topological polar surface area (TPSA) is 45.2 Å². The van der Waals surface area contributed by atoms with Gasteiger partial charge in [0.15, 0.2) is 0 Å². The maximum absolute atomic E-state index is 13.7. The fourth-order valence-electron chi connectivity index (χ4n) is 3.08. The Morgan fingerprint density at radius 2 is 2.00 bits per heavy atom. The van der Waals surface area contributed by atoms with E-state index in [-0.39, 0.29) is 18.1 Å². The monoisotopic (exact) mass is 385 g/mol. The van der Waals surface area contributed by atoms with Crippen LogP contribution < -0.4 is 10.2 Å². The minimum Gasteiger partial charge on any atom is -0.355 e. The van der Waals surface area contributed by atoms with Gasteiger partial charge in [0.1, 0.15) is 17.5 Å². The summed E-state index contributed by atoms with van der Waals surface area (Å²) < 4.78 is 66.3. The zero-order chi connectivity index (χ0) is 19.6. The number of nitrogens with zero attached hydrogens (tertiary/aromatic N) is 2. The van der Waals surface area contributed by atoms with E-state index in [0.29, 0.717) is 25.5 Å². The van der Waals surface area contributed by atoms with E-state index in [1.165, 1.54) is 17.2 Å². The van der Waals surface area contributed by atoms with Crippen LogP contribution in [0.5, 0.6) is 0 Å². The molecule has 0 saturated carbocycles. The van der Waals surface area contributed by atoms with Crippen LogP contribution in [0.15, 0.2) is 36.5 Å². The Morgan fingerprint density at radius 3 is 2.70 bits per heavy atom. The summed E-state index contributed by atoms with van der Waals surface area (Å²) in [6.45, 7) is 0.351. The standard InChI is InChI=1S/C18H16F5N3O/c19-12-5-6-15(14(20)9-12)25-17(27)11-3-2-8-26(10-11)16-13(18(21,22)23)4-1-7-24-16/h1,4-7,9,11H,2-3,8,10H2,(H,25,27)/t11-/m1/s1. The molecule has 1 fully saturated rings. The third kappa shape index (κ3) is 4.35. The first-order valence-electron chi connectivity index (χ1n) is 8.29. The summed E-state index contributed by atoms with van der Waals surface area (Å²) in [7, 11) is 0. The van der Waals surface area contributed by atoms with Crippen LogP contribution in [0, 0.1) is 17.6 Å². The zero-order valence-electron chi connectivity index (χ0n) is 14.1. The van der Waals surface area contributed by atoms with Gasteiger partial charge in [0.05, 0.1) is 17.2 Å². The lowest BCUT2D eigenvalue weighted by atomic mass is 9.96. The number of rotatable bonds is 3. The Labute approximate surface area is 152 Å². The van der Waals surface area contributed by atoms with Crippen molar-refractivity contribution in [1.29, 1.82) is 0 Å². The minimum atomic E-state index is -4.56. The second-order valence-electron chi connectivity index (χ2n) is 6.27. The molecule has 4 nitrogen and oxygen atoms in total. The smallest absolute Gasteiger partial charge is 0.355 e. The van der Waals surface area contributed by atoms with E-state index in [9.17, 15) is 26.7 Å². The first-order chi connectivity index (χ1) is 12.8. The molecule has 1 atom stereocenters. The summed E-state index contributed by atoms with van der Waals surface area (Å²) in [5, 5.41) is 2.37. The summed E-state index contributed by atoms with van der Waals surface area (Å²) in [5.74, 6) is -3.10. The predicted octanol–water partition coefficient (Wildman–Crippen LogP) is 4.23. The van der Waals surface area contributed by atoms with E-state index < -0.39 is 35.2 Å². The van der Waals surface area contributed by atoms with E-state index in [4.69, 9.17) is 0 Å². The van der Waals surface area contributed by atoms with E-state index in [1.54, 1.807) is 0 Å². The van der Waals surface area contributed by atoms with Gasteiger partial charge in [-0.2, -0.15) is 13.2 Å². The van der Waals surface area contributed by atoms with Crippen LogP contribution in [0.2, 0.25) is 0 Å². The van der Waals surface area contributed by atoms with Crippen LogP contribution in [0.1, 0.15) is 18.4 Å². The van der Waals surface area contributed by atoms with Gasteiger partial charge in [-0.1, -0.05) is 0 Å². The maximum atomic E-state index is 13.7. The number of hydrogen-bond acceptors (Lipinski definition) is 3. The lowest BCUT2D eigenvalue weighted by molar-refractivity contribution is -0.137. The number of carbonyl (C=O) groups is 1. The summed E-state index contributed by atoms with van der Waals surface area (Å²) in [5.41, 5.74) is -1.04. The molecule has 0 spiro atoms. The first-order valence-corrected chi connectivity index (χ1v) is 8.29. The number of hydrogen-bond donors (Lipinski definition) is 1. The van der Waals surface area contributed by atoms with Crippen molar-refractivity contribution in [2.24, 2.45) is 5.92 Å². The molecule has 1 aliphatic rings. The molecule has 1 aromatic carbocycles. The van der Waals surface area contributed by atoms with Gasteiger partial charge in [0.2, 0.25) is 5.91 Å². The average Bonchev–Trinajstić information content (AvgIpc) is 2.63. The summed E-state index contributed by atoms with van der Waals surface area (Å²) >= 11 is 0. The number of alkyl halides is 3. The third-order valence-electron chi connectivity index (χ3n) is 4.37. The van der Waals surface area contributed by atoms with Gasteiger partial charge in [0.25, 0.3) is 0 Å². The van der Waals surface area contributed by atoms with Gasteiger partial charge in [-0.3, -0.25) is 4.79 Å². The van der Waals surface area contributed by atoms with Gasteiger partial charge >= 0.3 is 6.18 Å². The average molecular weight is 385 g/mol. The highest BCUT2D eigenvalue weighted by Gasteiger charge is 2.37. The largest absolute Gasteiger partial charge is 0.419 e. The SMILES string of the molecule is O=C(Nc1ccc(F)cc1F)[C@@H]1CCCN(c2ncccc2C(F)(F)F)C1. The Hall–Kier alpha value is -2.71. The lowest BCUT2D eigenvalue weighted by Crippen LogP contribution is -2.42. The van der Waals surface area contributed by atoms with Gasteiger partial charge in [-0.05, 0) is 37.1 Å². The summed E-state index contributed by atoms with van der Waals surface area (Å²) in [6, 6.07) is 4.91. The van der Waals surface area contributed by atoms with Crippen LogP contribution in [0.4, 0.5) is 33.5 Å². The number of anilines is 2. The first kappa shape index (κ1) is 19.1. The minimum absolute atomic E-state index is 0.0226. The van der Waals surface area contributed by atoms with Crippen LogP contribution in [-0.4, -0.2) is 24.0 Å². The van der Waals surface area contributed by atoms with Crippen molar-refractivity contribution >= 4 is 17.4 Å². The van der Waals surface area contributed by atoms with E-state index in [1.807, 2.05) is 0 Å². The third-order valence-corrected chi connectivity index (χ3v) is 4.37. The highest BCUT2D eigenvalue weighted by molar-refractivity contribution is 5.93. The lowest BCUT2D eigenvalue weighted by Gasteiger charge is -2.34. The summed E-state index contributed by atoms with van der Waals surface area (Å²) in [6.07, 6.45) is -2.37. The van der Waals surface area contributed by atoms with Gasteiger partial charge < -0.3 is 10.2 Å². The number of benzene rings is 1. The molecule has 2 aromatic rings. The molecule has 3 rings (SSSR count). The van der Waals surface area contributed by atoms with Crippen molar-refractivity contribution in [3.8, 4) is 0 Å². The van der Waals surface area contributed by atoms with Crippen LogP contribution in [0.3, 0.4) is 0 Å². The second kappa shape index (κ2) is 7.50. The van der Waals surface area contributed by atoms with Gasteiger partial charge in [-0.25, -0.2) is 13.8 Å². The predicted molar refractivity (Wildman–Crippen MR) is 89.2 cm³/mol. The Balaban J connectivity index is 1.76. The number of aromatic nitrogens is 1. The molecule has 9 heteroatoms. The molecule has 27 heavy (non-hydrogen) atoms. The van der Waals surface area contributed by atoms with E-state index in [0.717, 1.165) is 18.2 Å². The molecule has 2 heterocycles. The zero-order valence-corrected chi connectivity index (χ0v) is 14.1. The highest BCUT2D eigenvalue weighted by atomic mass is 19.4. The molecule has 1 aromatic heterocycles. The fraction of sp³-hybridized carbons (Fsp3) is 0.333. The Kier molecular flexibility index (Phi) is 5.29. The number of pyridine rings is 1. The molecule has 1 amide bonds. The molecular weight excluding hydrogens is 369 g/mol. The molecular formula is C18H16F5N3O. The molecule has 0 bridgehead atoms. The molecule has 144 valence electrons. The second-order valence-corrected chi connectivity index (χ2v) is 6.27. The van der Waals surface area contributed by atoms with Crippen LogP contribution in [0.25, 0.3) is 0 Å². The molecule has 1 aliphatic heterocycles. The number of carbonyl (C=O) groups excluding carboxylic acids is 1. The summed E-state index contributed by atoms with van der Waals surface area (Å²) in [4.78, 5) is 17.7. The number of amides is 1. The Bertz CT molecular complexity index is 840. The number of nitrogens with one attached hydrogen (secondary N) is 1. The van der Waals surface area contributed by atoms with Crippen molar-refractivity contribution in [3.63, 3.8) is 0 Å². The van der Waals surface area contributed by atoms with Crippen LogP contribution >= 0.6 is 0 Å². The van der Waals surface area contributed by atoms with Crippen molar-refractivity contribution < 1.29 is 26.7 Å². The molecule has 0 unspecified atom stereocenters. The number of piperidine rings is 1. The van der Waals surface area contributed by atoms with E-state index in [2.05, 4.69) is 10.3 Å².